The second kappa shape index (κ2) is 9.02. The molecule has 4 nitrogen and oxygen atoms in total. The van der Waals surface area contributed by atoms with Gasteiger partial charge in [0.25, 0.3) is 5.91 Å². The van der Waals surface area contributed by atoms with E-state index in [4.69, 9.17) is 16.3 Å². The van der Waals surface area contributed by atoms with E-state index in [9.17, 15) is 4.79 Å². The van der Waals surface area contributed by atoms with Crippen LogP contribution in [0.15, 0.2) is 54.7 Å². The van der Waals surface area contributed by atoms with Crippen molar-refractivity contribution in [3.63, 3.8) is 0 Å². The Balaban J connectivity index is 1.49. The first-order valence-corrected chi connectivity index (χ1v) is 9.91. The predicted molar refractivity (Wildman–Crippen MR) is 111 cm³/mol. The van der Waals surface area contributed by atoms with Gasteiger partial charge in [-0.3, -0.25) is 10.1 Å². The van der Waals surface area contributed by atoms with E-state index in [-0.39, 0.29) is 12.5 Å². The lowest BCUT2D eigenvalue weighted by atomic mass is 10.0. The topological polar surface area (TPSA) is 51.2 Å². The standard InChI is InChI=1S/C21H21ClN2O2S/c1-14(2)16-5-9-18(10-6-16)26-13-20(25)24-21-23-12-19(27-21)11-15-3-7-17(22)8-4-15/h3-10,12,14H,11,13H2,1-2H3,(H,23,24,25). The first-order valence-electron chi connectivity index (χ1n) is 8.71. The van der Waals surface area contributed by atoms with E-state index in [1.807, 2.05) is 48.5 Å². The Kier molecular flexibility index (Phi) is 6.48. The number of amides is 1. The maximum Gasteiger partial charge on any atom is 0.264 e. The van der Waals surface area contributed by atoms with Gasteiger partial charge < -0.3 is 4.74 Å². The second-order valence-electron chi connectivity index (χ2n) is 6.50. The second-order valence-corrected chi connectivity index (χ2v) is 8.05. The van der Waals surface area contributed by atoms with Gasteiger partial charge in [-0.15, -0.1) is 11.3 Å². The molecule has 0 spiro atoms. The molecular weight excluding hydrogens is 380 g/mol. The lowest BCUT2D eigenvalue weighted by Gasteiger charge is -2.08. The molecule has 1 heterocycles. The van der Waals surface area contributed by atoms with Crippen LogP contribution in [0.2, 0.25) is 5.02 Å². The van der Waals surface area contributed by atoms with Crippen LogP contribution in [0.3, 0.4) is 0 Å². The fourth-order valence-corrected chi connectivity index (χ4v) is 3.49. The van der Waals surface area contributed by atoms with E-state index in [2.05, 4.69) is 24.1 Å². The molecule has 6 heteroatoms. The number of nitrogens with one attached hydrogen (secondary N) is 1. The molecule has 0 aliphatic carbocycles. The summed E-state index contributed by atoms with van der Waals surface area (Å²) in [6, 6.07) is 15.5. The van der Waals surface area contributed by atoms with E-state index in [0.29, 0.717) is 16.8 Å². The molecule has 1 amide bonds. The SMILES string of the molecule is CC(C)c1ccc(OCC(=O)Nc2ncc(Cc3ccc(Cl)cc3)s2)cc1. The number of anilines is 1. The molecule has 0 aliphatic heterocycles. The first kappa shape index (κ1) is 19.4. The third-order valence-electron chi connectivity index (χ3n) is 4.01. The van der Waals surface area contributed by atoms with Gasteiger partial charge in [0.1, 0.15) is 5.75 Å². The number of carbonyl (C=O) groups excluding carboxylic acids is 1. The highest BCUT2D eigenvalue weighted by Gasteiger charge is 2.09. The van der Waals surface area contributed by atoms with Crippen molar-refractivity contribution in [1.29, 1.82) is 0 Å². The van der Waals surface area contributed by atoms with Crippen LogP contribution < -0.4 is 10.1 Å². The lowest BCUT2D eigenvalue weighted by molar-refractivity contribution is -0.118. The van der Waals surface area contributed by atoms with E-state index in [0.717, 1.165) is 21.9 Å². The molecule has 0 bridgehead atoms. The van der Waals surface area contributed by atoms with Crippen molar-refractivity contribution in [2.45, 2.75) is 26.2 Å². The van der Waals surface area contributed by atoms with Crippen molar-refractivity contribution >= 4 is 34.0 Å². The molecule has 1 N–H and O–H groups in total. The molecule has 0 saturated carbocycles. The molecule has 140 valence electrons. The van der Waals surface area contributed by atoms with Crippen LogP contribution in [-0.2, 0) is 11.2 Å². The van der Waals surface area contributed by atoms with Crippen LogP contribution >= 0.6 is 22.9 Å². The van der Waals surface area contributed by atoms with Gasteiger partial charge in [-0.1, -0.05) is 49.7 Å². The summed E-state index contributed by atoms with van der Waals surface area (Å²) < 4.78 is 5.54. The number of thiazole rings is 1. The third kappa shape index (κ3) is 5.81. The summed E-state index contributed by atoms with van der Waals surface area (Å²) in [6.07, 6.45) is 2.53. The monoisotopic (exact) mass is 400 g/mol. The van der Waals surface area contributed by atoms with Gasteiger partial charge in [0.15, 0.2) is 11.7 Å². The van der Waals surface area contributed by atoms with E-state index >= 15 is 0 Å². The summed E-state index contributed by atoms with van der Waals surface area (Å²) in [5.74, 6) is 0.918. The Morgan fingerprint density at radius 3 is 2.52 bits per heavy atom. The van der Waals surface area contributed by atoms with Gasteiger partial charge in [0, 0.05) is 22.5 Å². The average molecular weight is 401 g/mol. The highest BCUT2D eigenvalue weighted by Crippen LogP contribution is 2.22. The van der Waals surface area contributed by atoms with Crippen molar-refractivity contribution < 1.29 is 9.53 Å². The van der Waals surface area contributed by atoms with Gasteiger partial charge in [-0.05, 0) is 41.3 Å². The zero-order valence-electron chi connectivity index (χ0n) is 15.2. The molecule has 0 aliphatic rings. The molecule has 2 aromatic carbocycles. The van der Waals surface area contributed by atoms with Crippen LogP contribution in [-0.4, -0.2) is 17.5 Å². The first-order chi connectivity index (χ1) is 13.0. The Morgan fingerprint density at radius 1 is 1.15 bits per heavy atom. The highest BCUT2D eigenvalue weighted by molar-refractivity contribution is 7.15. The lowest BCUT2D eigenvalue weighted by Crippen LogP contribution is -2.19. The quantitative estimate of drug-likeness (QED) is 0.567. The largest absolute Gasteiger partial charge is 0.484 e. The third-order valence-corrected chi connectivity index (χ3v) is 5.17. The van der Waals surface area contributed by atoms with Gasteiger partial charge in [0.2, 0.25) is 0 Å². The normalized spacial score (nSPS) is 10.8. The van der Waals surface area contributed by atoms with Crippen molar-refractivity contribution in [2.24, 2.45) is 0 Å². The Bertz CT molecular complexity index is 889. The molecule has 0 unspecified atom stereocenters. The van der Waals surface area contributed by atoms with Crippen molar-refractivity contribution in [1.82, 2.24) is 4.98 Å². The summed E-state index contributed by atoms with van der Waals surface area (Å²) in [5.41, 5.74) is 2.39. The Hall–Kier alpha value is -2.37. The molecule has 0 atom stereocenters. The summed E-state index contributed by atoms with van der Waals surface area (Å²) in [4.78, 5) is 17.4. The van der Waals surface area contributed by atoms with Gasteiger partial charge in [-0.2, -0.15) is 0 Å². The molecule has 0 fully saturated rings. The van der Waals surface area contributed by atoms with Gasteiger partial charge >= 0.3 is 0 Å². The summed E-state index contributed by atoms with van der Waals surface area (Å²) >= 11 is 7.36. The van der Waals surface area contributed by atoms with E-state index < -0.39 is 0 Å². The van der Waals surface area contributed by atoms with Crippen LogP contribution in [0.4, 0.5) is 5.13 Å². The number of carbonyl (C=O) groups is 1. The number of rotatable bonds is 7. The van der Waals surface area contributed by atoms with Crippen LogP contribution in [0.25, 0.3) is 0 Å². The van der Waals surface area contributed by atoms with E-state index in [1.165, 1.54) is 16.9 Å². The smallest absolute Gasteiger partial charge is 0.264 e. The van der Waals surface area contributed by atoms with Gasteiger partial charge in [0.05, 0.1) is 0 Å². The number of aromatic nitrogens is 1. The molecule has 3 aromatic rings. The minimum absolute atomic E-state index is 0.0485. The fraction of sp³-hybridized carbons (Fsp3) is 0.238. The minimum Gasteiger partial charge on any atom is -0.484 e. The molecule has 0 saturated heterocycles. The Morgan fingerprint density at radius 2 is 1.85 bits per heavy atom. The predicted octanol–water partition coefficient (Wildman–Crippen LogP) is 5.53. The van der Waals surface area contributed by atoms with Gasteiger partial charge in [-0.25, -0.2) is 4.98 Å². The summed E-state index contributed by atoms with van der Waals surface area (Å²) in [6.45, 7) is 4.23. The molecular formula is C21H21ClN2O2S. The Labute approximate surface area is 168 Å². The number of hydrogen-bond acceptors (Lipinski definition) is 4. The van der Waals surface area contributed by atoms with Crippen LogP contribution in [0, 0.1) is 0 Å². The number of benzene rings is 2. The number of halogens is 1. The minimum atomic E-state index is -0.227. The van der Waals surface area contributed by atoms with E-state index in [1.54, 1.807) is 6.20 Å². The van der Waals surface area contributed by atoms with Crippen molar-refractivity contribution in [3.8, 4) is 5.75 Å². The molecule has 0 radical (unpaired) electrons. The zero-order chi connectivity index (χ0) is 19.2. The zero-order valence-corrected chi connectivity index (χ0v) is 16.8. The average Bonchev–Trinajstić information content (AvgIpc) is 3.09. The van der Waals surface area contributed by atoms with Crippen LogP contribution in [0.1, 0.15) is 35.8 Å². The number of nitrogens with zero attached hydrogens (tertiary/aromatic N) is 1. The number of hydrogen-bond donors (Lipinski definition) is 1. The molecule has 3 rings (SSSR count). The van der Waals surface area contributed by atoms with Crippen molar-refractivity contribution in [2.75, 3.05) is 11.9 Å². The molecule has 1 aromatic heterocycles. The molecule has 27 heavy (non-hydrogen) atoms. The van der Waals surface area contributed by atoms with Crippen LogP contribution in [0.5, 0.6) is 5.75 Å². The fourth-order valence-electron chi connectivity index (χ4n) is 2.50. The maximum atomic E-state index is 12.1. The maximum absolute atomic E-state index is 12.1. The number of ether oxygens (including phenoxy) is 1. The van der Waals surface area contributed by atoms with Crippen molar-refractivity contribution in [3.05, 3.63) is 75.8 Å². The highest BCUT2D eigenvalue weighted by atomic mass is 35.5. The summed E-state index contributed by atoms with van der Waals surface area (Å²) in [7, 11) is 0. The summed E-state index contributed by atoms with van der Waals surface area (Å²) in [5, 5.41) is 4.07.